The van der Waals surface area contributed by atoms with Crippen LogP contribution in [0.15, 0.2) is 48.5 Å². The number of ether oxygens (including phenoxy) is 1. The maximum absolute atomic E-state index is 12.5. The molecular formula is C26H34N2O3. The molecular weight excluding hydrogens is 388 g/mol. The van der Waals surface area contributed by atoms with E-state index in [0.29, 0.717) is 31.6 Å². The smallest absolute Gasteiger partial charge is 0.253 e. The largest absolute Gasteiger partial charge is 0.494 e. The van der Waals surface area contributed by atoms with Crippen LogP contribution >= 0.6 is 0 Å². The van der Waals surface area contributed by atoms with Gasteiger partial charge in [0.05, 0.1) is 6.61 Å². The zero-order chi connectivity index (χ0) is 22.3. The minimum atomic E-state index is -0.0112. The van der Waals surface area contributed by atoms with Crippen molar-refractivity contribution in [3.05, 3.63) is 65.2 Å². The highest BCUT2D eigenvalue weighted by atomic mass is 16.5. The normalized spacial score (nSPS) is 13.8. The van der Waals surface area contributed by atoms with E-state index in [4.69, 9.17) is 4.74 Å². The number of rotatable bonds is 8. The number of hydrogen-bond acceptors (Lipinski definition) is 3. The van der Waals surface area contributed by atoms with Crippen LogP contribution in [-0.2, 0) is 16.8 Å². The minimum Gasteiger partial charge on any atom is -0.494 e. The van der Waals surface area contributed by atoms with Crippen molar-refractivity contribution in [2.75, 3.05) is 19.7 Å². The van der Waals surface area contributed by atoms with E-state index in [0.717, 1.165) is 37.2 Å². The first kappa shape index (κ1) is 22.9. The molecule has 1 saturated heterocycles. The molecule has 1 fully saturated rings. The summed E-state index contributed by atoms with van der Waals surface area (Å²) in [6.45, 7) is 9.15. The van der Waals surface area contributed by atoms with Crippen LogP contribution in [0.2, 0.25) is 0 Å². The van der Waals surface area contributed by atoms with Gasteiger partial charge in [0.25, 0.3) is 5.91 Å². The molecule has 0 atom stereocenters. The minimum absolute atomic E-state index is 0.0112. The average molecular weight is 423 g/mol. The Balaban J connectivity index is 1.37. The quantitative estimate of drug-likeness (QED) is 0.628. The molecule has 0 aliphatic carbocycles. The van der Waals surface area contributed by atoms with Crippen molar-refractivity contribution in [2.45, 2.75) is 58.4 Å². The van der Waals surface area contributed by atoms with Crippen LogP contribution in [0.1, 0.15) is 67.9 Å². The maximum atomic E-state index is 12.5. The molecule has 2 aromatic carbocycles. The van der Waals surface area contributed by atoms with E-state index in [9.17, 15) is 9.59 Å². The van der Waals surface area contributed by atoms with Crippen molar-refractivity contribution in [3.8, 4) is 5.75 Å². The molecule has 0 radical (unpaired) electrons. The van der Waals surface area contributed by atoms with Crippen molar-refractivity contribution >= 4 is 11.8 Å². The number of carbonyl (C=O) groups excluding carboxylic acids is 2. The Hall–Kier alpha value is -2.82. The lowest BCUT2D eigenvalue weighted by Crippen LogP contribution is -2.28. The van der Waals surface area contributed by atoms with Gasteiger partial charge in [0.2, 0.25) is 5.91 Å². The molecule has 0 bridgehead atoms. The third kappa shape index (κ3) is 6.84. The van der Waals surface area contributed by atoms with Crippen molar-refractivity contribution in [1.82, 2.24) is 10.2 Å². The summed E-state index contributed by atoms with van der Waals surface area (Å²) in [7, 11) is 0. The van der Waals surface area contributed by atoms with Gasteiger partial charge in [-0.15, -0.1) is 0 Å². The third-order valence-corrected chi connectivity index (χ3v) is 5.59. The molecule has 1 N–H and O–H groups in total. The number of amides is 2. The number of nitrogens with one attached hydrogen (secondary N) is 1. The summed E-state index contributed by atoms with van der Waals surface area (Å²) in [6.07, 6.45) is 3.22. The number of nitrogens with zero attached hydrogens (tertiary/aromatic N) is 1. The molecule has 0 saturated carbocycles. The summed E-state index contributed by atoms with van der Waals surface area (Å²) >= 11 is 0. The van der Waals surface area contributed by atoms with Gasteiger partial charge < -0.3 is 15.0 Å². The number of likely N-dealkylation sites (tertiary alicyclic amines) is 1. The molecule has 0 unspecified atom stereocenters. The maximum Gasteiger partial charge on any atom is 0.253 e. The van der Waals surface area contributed by atoms with Gasteiger partial charge >= 0.3 is 0 Å². The lowest BCUT2D eigenvalue weighted by molar-refractivity contribution is -0.121. The fraction of sp³-hybridized carbons (Fsp3) is 0.462. The van der Waals surface area contributed by atoms with Gasteiger partial charge in [-0.05, 0) is 60.1 Å². The Bertz CT molecular complexity index is 878. The van der Waals surface area contributed by atoms with E-state index in [1.807, 2.05) is 41.3 Å². The molecule has 5 heteroatoms. The Morgan fingerprint density at radius 2 is 1.74 bits per heavy atom. The van der Waals surface area contributed by atoms with Crippen LogP contribution in [0.3, 0.4) is 0 Å². The fourth-order valence-electron chi connectivity index (χ4n) is 3.68. The van der Waals surface area contributed by atoms with E-state index in [1.165, 1.54) is 5.56 Å². The fourth-order valence-corrected chi connectivity index (χ4v) is 3.68. The summed E-state index contributed by atoms with van der Waals surface area (Å²) in [5, 5.41) is 2.94. The summed E-state index contributed by atoms with van der Waals surface area (Å²) < 4.78 is 5.76. The predicted molar refractivity (Wildman–Crippen MR) is 123 cm³/mol. The second-order valence-electron chi connectivity index (χ2n) is 9.20. The van der Waals surface area contributed by atoms with Crippen LogP contribution in [0.25, 0.3) is 0 Å². The van der Waals surface area contributed by atoms with Crippen LogP contribution in [0, 0.1) is 0 Å². The summed E-state index contributed by atoms with van der Waals surface area (Å²) in [4.78, 5) is 26.6. The standard InChI is InChI=1S/C26H34N2O3/c1-26(2,3)22-11-13-23(14-12-22)31-17-7-10-24(29)27-19-20-8-6-9-21(18-20)25(30)28-15-4-5-16-28/h6,8-9,11-14,18H,4-5,7,10,15-17,19H2,1-3H3,(H,27,29). The first-order valence-electron chi connectivity index (χ1n) is 11.2. The third-order valence-electron chi connectivity index (χ3n) is 5.59. The molecule has 2 aromatic rings. The van der Waals surface area contributed by atoms with E-state index < -0.39 is 0 Å². The highest BCUT2D eigenvalue weighted by Gasteiger charge is 2.19. The molecule has 5 nitrogen and oxygen atoms in total. The van der Waals surface area contributed by atoms with Gasteiger partial charge in [0.15, 0.2) is 0 Å². The molecule has 166 valence electrons. The number of benzene rings is 2. The van der Waals surface area contributed by atoms with Gasteiger partial charge in [0.1, 0.15) is 5.75 Å². The Kier molecular flexibility index (Phi) is 7.72. The summed E-state index contributed by atoms with van der Waals surface area (Å²) in [5.74, 6) is 0.897. The Morgan fingerprint density at radius 3 is 2.42 bits per heavy atom. The van der Waals surface area contributed by atoms with Crippen LogP contribution in [0.5, 0.6) is 5.75 Å². The molecule has 1 aliphatic rings. The molecule has 0 aromatic heterocycles. The molecule has 1 aliphatic heterocycles. The van der Waals surface area contributed by atoms with Crippen molar-refractivity contribution in [2.24, 2.45) is 0 Å². The van der Waals surface area contributed by atoms with Gasteiger partial charge in [0, 0.05) is 31.6 Å². The van der Waals surface area contributed by atoms with Crippen molar-refractivity contribution in [1.29, 1.82) is 0 Å². The lowest BCUT2D eigenvalue weighted by atomic mass is 9.87. The highest BCUT2D eigenvalue weighted by molar-refractivity contribution is 5.94. The first-order chi connectivity index (χ1) is 14.8. The summed E-state index contributed by atoms with van der Waals surface area (Å²) in [6, 6.07) is 15.7. The second-order valence-corrected chi connectivity index (χ2v) is 9.20. The van der Waals surface area contributed by atoms with E-state index in [2.05, 4.69) is 38.2 Å². The van der Waals surface area contributed by atoms with Crippen LogP contribution < -0.4 is 10.1 Å². The molecule has 2 amide bonds. The molecule has 0 spiro atoms. The predicted octanol–water partition coefficient (Wildman–Crippen LogP) is 4.70. The molecule has 1 heterocycles. The molecule has 31 heavy (non-hydrogen) atoms. The van der Waals surface area contributed by atoms with Gasteiger partial charge in [-0.1, -0.05) is 45.0 Å². The van der Waals surface area contributed by atoms with E-state index >= 15 is 0 Å². The second kappa shape index (κ2) is 10.5. The van der Waals surface area contributed by atoms with Crippen LogP contribution in [0.4, 0.5) is 0 Å². The zero-order valence-electron chi connectivity index (χ0n) is 18.9. The lowest BCUT2D eigenvalue weighted by Gasteiger charge is -2.19. The van der Waals surface area contributed by atoms with Crippen molar-refractivity contribution < 1.29 is 14.3 Å². The number of carbonyl (C=O) groups is 2. The topological polar surface area (TPSA) is 58.6 Å². The first-order valence-corrected chi connectivity index (χ1v) is 11.2. The van der Waals surface area contributed by atoms with Crippen LogP contribution in [-0.4, -0.2) is 36.4 Å². The van der Waals surface area contributed by atoms with Crippen molar-refractivity contribution in [3.63, 3.8) is 0 Å². The zero-order valence-corrected chi connectivity index (χ0v) is 18.9. The van der Waals surface area contributed by atoms with Gasteiger partial charge in [-0.2, -0.15) is 0 Å². The van der Waals surface area contributed by atoms with Gasteiger partial charge in [-0.25, -0.2) is 0 Å². The Labute approximate surface area is 185 Å². The summed E-state index contributed by atoms with van der Waals surface area (Å²) in [5.41, 5.74) is 3.02. The van der Waals surface area contributed by atoms with E-state index in [-0.39, 0.29) is 17.2 Å². The Morgan fingerprint density at radius 1 is 1.03 bits per heavy atom. The SMILES string of the molecule is CC(C)(C)c1ccc(OCCCC(=O)NCc2cccc(C(=O)N3CCCC3)c2)cc1. The highest BCUT2D eigenvalue weighted by Crippen LogP contribution is 2.24. The molecule has 3 rings (SSSR count). The van der Waals surface area contributed by atoms with Gasteiger partial charge in [-0.3, -0.25) is 9.59 Å². The van der Waals surface area contributed by atoms with E-state index in [1.54, 1.807) is 0 Å². The number of hydrogen-bond donors (Lipinski definition) is 1. The average Bonchev–Trinajstić information content (AvgIpc) is 3.29. The monoisotopic (exact) mass is 422 g/mol.